The molecule has 1 aliphatic heterocycles. The summed E-state index contributed by atoms with van der Waals surface area (Å²) < 4.78 is 10.8. The molecule has 20 heavy (non-hydrogen) atoms. The molecular weight excluding hydrogens is 252 g/mol. The molecule has 2 rings (SSSR count). The Morgan fingerprint density at radius 3 is 2.85 bits per heavy atom. The van der Waals surface area contributed by atoms with Crippen molar-refractivity contribution in [1.82, 2.24) is 0 Å². The van der Waals surface area contributed by atoms with Crippen molar-refractivity contribution in [2.75, 3.05) is 38.8 Å². The third-order valence-electron chi connectivity index (χ3n) is 3.98. The van der Waals surface area contributed by atoms with Gasteiger partial charge in [-0.3, -0.25) is 0 Å². The van der Waals surface area contributed by atoms with Crippen molar-refractivity contribution in [1.29, 1.82) is 0 Å². The van der Waals surface area contributed by atoms with Crippen molar-refractivity contribution >= 4 is 5.69 Å². The van der Waals surface area contributed by atoms with Crippen LogP contribution in [0.2, 0.25) is 0 Å². The van der Waals surface area contributed by atoms with Crippen LogP contribution in [0.15, 0.2) is 18.2 Å². The average molecular weight is 278 g/mol. The number of hydrogen-bond acceptors (Lipinski definition) is 4. The fourth-order valence-corrected chi connectivity index (χ4v) is 3.10. The van der Waals surface area contributed by atoms with Crippen LogP contribution in [0.1, 0.15) is 31.4 Å². The molecule has 1 saturated heterocycles. The summed E-state index contributed by atoms with van der Waals surface area (Å²) in [7, 11) is 3.48. The minimum Gasteiger partial charge on any atom is -0.496 e. The largest absolute Gasteiger partial charge is 0.496 e. The standard InChI is InChI=1S/C16H26N2O2/c1-12(17)16-14(7-4-8-15(16)20-3)18-9-5-6-13(10-18)11-19-2/h4,7-8,12-13H,5-6,9-11,17H2,1-3H3. The van der Waals surface area contributed by atoms with E-state index in [-0.39, 0.29) is 6.04 Å². The van der Waals surface area contributed by atoms with Gasteiger partial charge in [-0.15, -0.1) is 0 Å². The molecule has 2 N–H and O–H groups in total. The summed E-state index contributed by atoms with van der Waals surface area (Å²) in [6.45, 7) is 4.94. The van der Waals surface area contributed by atoms with Gasteiger partial charge in [-0.2, -0.15) is 0 Å². The van der Waals surface area contributed by atoms with Crippen LogP contribution in [0.3, 0.4) is 0 Å². The topological polar surface area (TPSA) is 47.7 Å². The number of hydrogen-bond donors (Lipinski definition) is 1. The van der Waals surface area contributed by atoms with E-state index in [1.54, 1.807) is 14.2 Å². The molecule has 1 aromatic rings. The summed E-state index contributed by atoms with van der Waals surface area (Å²) in [5, 5.41) is 0. The summed E-state index contributed by atoms with van der Waals surface area (Å²) in [5.74, 6) is 1.48. The second-order valence-corrected chi connectivity index (χ2v) is 5.59. The van der Waals surface area contributed by atoms with Crippen LogP contribution < -0.4 is 15.4 Å². The predicted molar refractivity (Wildman–Crippen MR) is 82.4 cm³/mol. The Labute approximate surface area is 121 Å². The van der Waals surface area contributed by atoms with E-state index in [0.29, 0.717) is 5.92 Å². The van der Waals surface area contributed by atoms with Gasteiger partial charge >= 0.3 is 0 Å². The number of benzene rings is 1. The lowest BCUT2D eigenvalue weighted by molar-refractivity contribution is 0.143. The minimum atomic E-state index is -0.0380. The first-order chi connectivity index (χ1) is 9.67. The van der Waals surface area contributed by atoms with E-state index in [1.165, 1.54) is 18.5 Å². The fraction of sp³-hybridized carbons (Fsp3) is 0.625. The highest BCUT2D eigenvalue weighted by Gasteiger charge is 2.24. The SMILES string of the molecule is COCC1CCCN(c2cccc(OC)c2C(C)N)C1. The molecule has 4 nitrogen and oxygen atoms in total. The third kappa shape index (κ3) is 3.25. The first kappa shape index (κ1) is 15.1. The van der Waals surface area contributed by atoms with Crippen molar-refractivity contribution in [3.63, 3.8) is 0 Å². The predicted octanol–water partition coefficient (Wildman–Crippen LogP) is 2.58. The molecule has 0 aromatic heterocycles. The minimum absolute atomic E-state index is 0.0380. The first-order valence-corrected chi connectivity index (χ1v) is 7.33. The average Bonchev–Trinajstić information content (AvgIpc) is 2.47. The molecule has 1 heterocycles. The highest BCUT2D eigenvalue weighted by Crippen LogP contribution is 2.35. The van der Waals surface area contributed by atoms with Gasteiger partial charge in [-0.1, -0.05) is 6.07 Å². The maximum atomic E-state index is 6.16. The second-order valence-electron chi connectivity index (χ2n) is 5.59. The summed E-state index contributed by atoms with van der Waals surface area (Å²) in [6.07, 6.45) is 2.44. The smallest absolute Gasteiger partial charge is 0.125 e. The molecular formula is C16H26N2O2. The fourth-order valence-electron chi connectivity index (χ4n) is 3.10. The van der Waals surface area contributed by atoms with Gasteiger partial charge in [0.05, 0.1) is 13.7 Å². The van der Waals surface area contributed by atoms with Crippen LogP contribution in [0, 0.1) is 5.92 Å². The zero-order valence-corrected chi connectivity index (χ0v) is 12.8. The van der Waals surface area contributed by atoms with E-state index in [1.807, 2.05) is 19.1 Å². The lowest BCUT2D eigenvalue weighted by atomic mass is 9.96. The van der Waals surface area contributed by atoms with E-state index in [2.05, 4.69) is 11.0 Å². The molecule has 2 atom stereocenters. The molecule has 0 radical (unpaired) electrons. The van der Waals surface area contributed by atoms with E-state index in [4.69, 9.17) is 15.2 Å². The van der Waals surface area contributed by atoms with Crippen LogP contribution in [-0.2, 0) is 4.74 Å². The van der Waals surface area contributed by atoms with Gasteiger partial charge in [0.25, 0.3) is 0 Å². The summed E-state index contributed by atoms with van der Waals surface area (Å²) >= 11 is 0. The van der Waals surface area contributed by atoms with Gasteiger partial charge in [0.15, 0.2) is 0 Å². The molecule has 2 unspecified atom stereocenters. The Morgan fingerprint density at radius 2 is 2.20 bits per heavy atom. The van der Waals surface area contributed by atoms with Crippen LogP contribution >= 0.6 is 0 Å². The normalized spacial score (nSPS) is 20.8. The molecule has 0 bridgehead atoms. The Hall–Kier alpha value is -1.26. The van der Waals surface area contributed by atoms with Crippen molar-refractivity contribution < 1.29 is 9.47 Å². The monoisotopic (exact) mass is 278 g/mol. The van der Waals surface area contributed by atoms with E-state index >= 15 is 0 Å². The molecule has 0 amide bonds. The quantitative estimate of drug-likeness (QED) is 0.899. The van der Waals surface area contributed by atoms with E-state index in [0.717, 1.165) is 31.0 Å². The molecule has 112 valence electrons. The van der Waals surface area contributed by atoms with Gasteiger partial charge in [0.1, 0.15) is 5.75 Å². The Morgan fingerprint density at radius 1 is 1.40 bits per heavy atom. The zero-order valence-electron chi connectivity index (χ0n) is 12.8. The van der Waals surface area contributed by atoms with Gasteiger partial charge in [-0.25, -0.2) is 0 Å². The first-order valence-electron chi connectivity index (χ1n) is 7.33. The van der Waals surface area contributed by atoms with Crippen molar-refractivity contribution in [3.8, 4) is 5.75 Å². The second kappa shape index (κ2) is 6.95. The van der Waals surface area contributed by atoms with Crippen LogP contribution in [-0.4, -0.2) is 33.9 Å². The number of ether oxygens (including phenoxy) is 2. The van der Waals surface area contributed by atoms with E-state index < -0.39 is 0 Å². The zero-order chi connectivity index (χ0) is 14.5. The Bertz CT molecular complexity index is 432. The van der Waals surface area contributed by atoms with E-state index in [9.17, 15) is 0 Å². The van der Waals surface area contributed by atoms with Crippen LogP contribution in [0.4, 0.5) is 5.69 Å². The molecule has 1 aromatic carbocycles. The van der Waals surface area contributed by atoms with Gasteiger partial charge in [-0.05, 0) is 37.8 Å². The molecule has 1 fully saturated rings. The molecule has 0 saturated carbocycles. The number of nitrogens with two attached hydrogens (primary N) is 1. The Balaban J connectivity index is 2.27. The van der Waals surface area contributed by atoms with Crippen molar-refractivity contribution in [2.45, 2.75) is 25.8 Å². The number of anilines is 1. The summed E-state index contributed by atoms with van der Waals surface area (Å²) in [6, 6.07) is 6.14. The molecule has 0 aliphatic carbocycles. The number of piperidine rings is 1. The van der Waals surface area contributed by atoms with Crippen molar-refractivity contribution in [3.05, 3.63) is 23.8 Å². The highest BCUT2D eigenvalue weighted by molar-refractivity contribution is 5.61. The van der Waals surface area contributed by atoms with Crippen LogP contribution in [0.25, 0.3) is 0 Å². The maximum Gasteiger partial charge on any atom is 0.125 e. The summed E-state index contributed by atoms with van der Waals surface area (Å²) in [5.41, 5.74) is 8.47. The van der Waals surface area contributed by atoms with Gasteiger partial charge in [0.2, 0.25) is 0 Å². The van der Waals surface area contributed by atoms with Crippen LogP contribution in [0.5, 0.6) is 5.75 Å². The number of methoxy groups -OCH3 is 2. The number of nitrogens with zero attached hydrogens (tertiary/aromatic N) is 1. The lowest BCUT2D eigenvalue weighted by Crippen LogP contribution is -2.38. The number of rotatable bonds is 5. The Kier molecular flexibility index (Phi) is 5.26. The molecule has 1 aliphatic rings. The maximum absolute atomic E-state index is 6.16. The molecule has 0 spiro atoms. The summed E-state index contributed by atoms with van der Waals surface area (Å²) in [4.78, 5) is 2.42. The molecule has 4 heteroatoms. The highest BCUT2D eigenvalue weighted by atomic mass is 16.5. The van der Waals surface area contributed by atoms with Crippen molar-refractivity contribution in [2.24, 2.45) is 11.7 Å². The third-order valence-corrected chi connectivity index (χ3v) is 3.98. The lowest BCUT2D eigenvalue weighted by Gasteiger charge is -2.36. The van der Waals surface area contributed by atoms with Gasteiger partial charge < -0.3 is 20.1 Å². The van der Waals surface area contributed by atoms with Gasteiger partial charge in [0, 0.05) is 37.5 Å².